The molecule has 2 N–H and O–H groups in total. The van der Waals surface area contributed by atoms with Gasteiger partial charge >= 0.3 is 5.97 Å². The fraction of sp³-hybridized carbons (Fsp3) is 0.500. The highest BCUT2D eigenvalue weighted by molar-refractivity contribution is 7.85. The molecule has 1 aliphatic rings. The molecule has 0 radical (unpaired) electrons. The second-order valence-corrected chi connectivity index (χ2v) is 6.12. The maximum absolute atomic E-state index is 11.3. The van der Waals surface area contributed by atoms with Crippen molar-refractivity contribution in [1.29, 1.82) is 0 Å². The summed E-state index contributed by atoms with van der Waals surface area (Å²) in [5.41, 5.74) is 0.920. The Kier molecular flexibility index (Phi) is 3.96. The fourth-order valence-electron chi connectivity index (χ4n) is 2.07. The van der Waals surface area contributed by atoms with Gasteiger partial charge in [-0.2, -0.15) is 0 Å². The van der Waals surface area contributed by atoms with Crippen LogP contribution in [-0.4, -0.2) is 37.8 Å². The summed E-state index contributed by atoms with van der Waals surface area (Å²) in [6, 6.07) is 1.85. The number of aryl methyl sites for hydroxylation is 1. The molecule has 0 amide bonds. The molecule has 1 aromatic rings. The van der Waals surface area contributed by atoms with E-state index in [1.165, 1.54) is 0 Å². The van der Waals surface area contributed by atoms with Gasteiger partial charge in [-0.05, 0) is 31.4 Å². The maximum atomic E-state index is 11.3. The molecule has 2 heterocycles. The second kappa shape index (κ2) is 5.48. The first-order chi connectivity index (χ1) is 8.58. The Hall–Kier alpha value is -1.43. The van der Waals surface area contributed by atoms with Gasteiger partial charge in [0, 0.05) is 34.5 Å². The number of carbonyl (C=O) groups is 1. The highest BCUT2D eigenvalue weighted by Gasteiger charge is 2.21. The van der Waals surface area contributed by atoms with Gasteiger partial charge < -0.3 is 10.4 Å². The van der Waals surface area contributed by atoms with Crippen molar-refractivity contribution in [3.8, 4) is 0 Å². The van der Waals surface area contributed by atoms with E-state index in [4.69, 9.17) is 0 Å². The van der Waals surface area contributed by atoms with Crippen molar-refractivity contribution >= 4 is 22.6 Å². The standard InChI is InChI=1S/C12H16N2O3S/c1-8-2-5-13-11(10(8)12(15)16)14-9-3-6-18(17)7-4-9/h2,5,9H,3-4,6-7H2,1H3,(H,13,14)(H,15,16). The van der Waals surface area contributed by atoms with Crippen molar-refractivity contribution in [2.24, 2.45) is 0 Å². The summed E-state index contributed by atoms with van der Waals surface area (Å²) in [4.78, 5) is 15.3. The van der Waals surface area contributed by atoms with E-state index in [0.29, 0.717) is 22.9 Å². The molecule has 18 heavy (non-hydrogen) atoms. The van der Waals surface area contributed by atoms with E-state index < -0.39 is 16.8 Å². The van der Waals surface area contributed by atoms with Gasteiger partial charge in [0.2, 0.25) is 0 Å². The van der Waals surface area contributed by atoms with Crippen LogP contribution in [0.15, 0.2) is 12.3 Å². The fourth-order valence-corrected chi connectivity index (χ4v) is 3.37. The Balaban J connectivity index is 2.16. The number of pyridine rings is 1. The zero-order valence-electron chi connectivity index (χ0n) is 10.2. The molecule has 0 atom stereocenters. The third-order valence-corrected chi connectivity index (χ3v) is 4.48. The van der Waals surface area contributed by atoms with Crippen molar-refractivity contribution in [3.05, 3.63) is 23.4 Å². The van der Waals surface area contributed by atoms with Crippen molar-refractivity contribution in [3.63, 3.8) is 0 Å². The number of nitrogens with zero attached hydrogens (tertiary/aromatic N) is 1. The normalized spacial score (nSPS) is 23.6. The molecule has 0 spiro atoms. The van der Waals surface area contributed by atoms with Gasteiger partial charge in [0.25, 0.3) is 0 Å². The molecule has 5 nitrogen and oxygen atoms in total. The SMILES string of the molecule is Cc1ccnc(NC2CCS(=O)CC2)c1C(=O)O. The van der Waals surface area contributed by atoms with Crippen LogP contribution >= 0.6 is 0 Å². The minimum atomic E-state index is -0.970. The Morgan fingerprint density at radius 2 is 2.17 bits per heavy atom. The number of nitrogens with one attached hydrogen (secondary N) is 1. The number of carboxylic acids is 1. The molecular weight excluding hydrogens is 252 g/mol. The third kappa shape index (κ3) is 2.87. The lowest BCUT2D eigenvalue weighted by Gasteiger charge is -2.24. The molecule has 1 saturated heterocycles. The van der Waals surface area contributed by atoms with Gasteiger partial charge in [0.15, 0.2) is 0 Å². The van der Waals surface area contributed by atoms with Crippen LogP contribution in [0.2, 0.25) is 0 Å². The molecule has 0 saturated carbocycles. The van der Waals surface area contributed by atoms with Gasteiger partial charge in [0.1, 0.15) is 11.4 Å². The smallest absolute Gasteiger partial charge is 0.339 e. The van der Waals surface area contributed by atoms with Crippen LogP contribution in [0.5, 0.6) is 0 Å². The van der Waals surface area contributed by atoms with Gasteiger partial charge in [-0.15, -0.1) is 0 Å². The van der Waals surface area contributed by atoms with Crippen LogP contribution in [-0.2, 0) is 10.8 Å². The summed E-state index contributed by atoms with van der Waals surface area (Å²) in [6.45, 7) is 1.76. The topological polar surface area (TPSA) is 79.3 Å². The Bertz CT molecular complexity index is 480. The van der Waals surface area contributed by atoms with Crippen LogP contribution in [0.25, 0.3) is 0 Å². The Morgan fingerprint density at radius 1 is 1.50 bits per heavy atom. The van der Waals surface area contributed by atoms with E-state index in [1.54, 1.807) is 19.2 Å². The quantitative estimate of drug-likeness (QED) is 0.866. The molecule has 0 bridgehead atoms. The summed E-state index contributed by atoms with van der Waals surface area (Å²) in [7, 11) is -0.714. The van der Waals surface area contributed by atoms with E-state index in [0.717, 1.165) is 12.8 Å². The summed E-state index contributed by atoms with van der Waals surface area (Å²) in [5.74, 6) is 0.792. The van der Waals surface area contributed by atoms with E-state index >= 15 is 0 Å². The van der Waals surface area contributed by atoms with Gasteiger partial charge in [-0.25, -0.2) is 9.78 Å². The van der Waals surface area contributed by atoms with E-state index in [-0.39, 0.29) is 11.6 Å². The summed E-state index contributed by atoms with van der Waals surface area (Å²) < 4.78 is 11.3. The zero-order valence-corrected chi connectivity index (χ0v) is 11.0. The Labute approximate surface area is 108 Å². The molecule has 0 aromatic carbocycles. The molecule has 98 valence electrons. The van der Waals surface area contributed by atoms with Crippen LogP contribution in [0.4, 0.5) is 5.82 Å². The summed E-state index contributed by atoms with van der Waals surface area (Å²) >= 11 is 0. The predicted molar refractivity (Wildman–Crippen MR) is 70.5 cm³/mol. The number of aromatic carboxylic acids is 1. The molecule has 1 fully saturated rings. The van der Waals surface area contributed by atoms with Crippen LogP contribution in [0, 0.1) is 6.92 Å². The van der Waals surface area contributed by atoms with Crippen LogP contribution < -0.4 is 5.32 Å². The maximum Gasteiger partial charge on any atom is 0.339 e. The first-order valence-corrected chi connectivity index (χ1v) is 7.37. The van der Waals surface area contributed by atoms with Crippen LogP contribution in [0.3, 0.4) is 0 Å². The molecule has 0 aliphatic carbocycles. The first-order valence-electron chi connectivity index (χ1n) is 5.88. The number of hydrogen-bond acceptors (Lipinski definition) is 4. The van der Waals surface area contributed by atoms with Gasteiger partial charge in [-0.1, -0.05) is 0 Å². The van der Waals surface area contributed by atoms with Gasteiger partial charge in [-0.3, -0.25) is 4.21 Å². The van der Waals surface area contributed by atoms with Crippen molar-refractivity contribution in [1.82, 2.24) is 4.98 Å². The molecule has 0 unspecified atom stereocenters. The molecule has 6 heteroatoms. The van der Waals surface area contributed by atoms with Crippen molar-refractivity contribution in [2.75, 3.05) is 16.8 Å². The lowest BCUT2D eigenvalue weighted by Crippen LogP contribution is -2.30. The number of aromatic nitrogens is 1. The average molecular weight is 268 g/mol. The van der Waals surface area contributed by atoms with Crippen LogP contribution in [0.1, 0.15) is 28.8 Å². The largest absolute Gasteiger partial charge is 0.478 e. The minimum absolute atomic E-state index is 0.162. The van der Waals surface area contributed by atoms with Crippen molar-refractivity contribution in [2.45, 2.75) is 25.8 Å². The van der Waals surface area contributed by atoms with E-state index in [2.05, 4.69) is 10.3 Å². The number of hydrogen-bond donors (Lipinski definition) is 2. The summed E-state index contributed by atoms with van der Waals surface area (Å²) in [6.07, 6.45) is 3.19. The Morgan fingerprint density at radius 3 is 2.78 bits per heavy atom. The third-order valence-electron chi connectivity index (χ3n) is 3.10. The van der Waals surface area contributed by atoms with E-state index in [1.807, 2.05) is 0 Å². The molecule has 2 rings (SSSR count). The van der Waals surface area contributed by atoms with Gasteiger partial charge in [0.05, 0.1) is 0 Å². The minimum Gasteiger partial charge on any atom is -0.478 e. The molecule has 1 aromatic heterocycles. The lowest BCUT2D eigenvalue weighted by atomic mass is 10.1. The highest BCUT2D eigenvalue weighted by Crippen LogP contribution is 2.20. The number of rotatable bonds is 3. The second-order valence-electron chi connectivity index (χ2n) is 4.42. The zero-order chi connectivity index (χ0) is 13.1. The summed E-state index contributed by atoms with van der Waals surface area (Å²) in [5, 5.41) is 12.4. The highest BCUT2D eigenvalue weighted by atomic mass is 32.2. The lowest BCUT2D eigenvalue weighted by molar-refractivity contribution is 0.0696. The molecule has 1 aliphatic heterocycles. The monoisotopic (exact) mass is 268 g/mol. The van der Waals surface area contributed by atoms with Crippen molar-refractivity contribution < 1.29 is 14.1 Å². The molecular formula is C12H16N2O3S. The average Bonchev–Trinajstić information content (AvgIpc) is 2.32. The number of anilines is 1. The van der Waals surface area contributed by atoms with E-state index in [9.17, 15) is 14.1 Å². The first kappa shape index (κ1) is 13.0. The number of carboxylic acid groups (broad SMARTS) is 1. The predicted octanol–water partition coefficient (Wildman–Crippen LogP) is 1.41.